The van der Waals surface area contributed by atoms with Crippen LogP contribution in [0.25, 0.3) is 10.8 Å². The lowest BCUT2D eigenvalue weighted by Gasteiger charge is -2.21. The zero-order chi connectivity index (χ0) is 24.1. The molecule has 0 atom stereocenters. The van der Waals surface area contributed by atoms with Gasteiger partial charge in [-0.05, 0) is 41.7 Å². The molecule has 3 aromatic rings. The van der Waals surface area contributed by atoms with Crippen molar-refractivity contribution in [1.29, 1.82) is 0 Å². The van der Waals surface area contributed by atoms with Crippen LogP contribution >= 0.6 is 0 Å². The van der Waals surface area contributed by atoms with E-state index in [4.69, 9.17) is 15.2 Å². The van der Waals surface area contributed by atoms with Gasteiger partial charge in [0.1, 0.15) is 0 Å². The van der Waals surface area contributed by atoms with Gasteiger partial charge in [-0.25, -0.2) is 0 Å². The van der Waals surface area contributed by atoms with E-state index in [1.807, 2.05) is 18.2 Å². The maximum Gasteiger partial charge on any atom is 0.233 e. The van der Waals surface area contributed by atoms with Gasteiger partial charge in [-0.15, -0.1) is 0 Å². The van der Waals surface area contributed by atoms with Crippen LogP contribution < -0.4 is 21.7 Å². The van der Waals surface area contributed by atoms with E-state index >= 15 is 0 Å². The zero-order valence-corrected chi connectivity index (χ0v) is 20.3. The number of hydrogen-bond acceptors (Lipinski definition) is 9. The van der Waals surface area contributed by atoms with E-state index in [1.54, 1.807) is 0 Å². The van der Waals surface area contributed by atoms with Crippen molar-refractivity contribution in [2.45, 2.75) is 32.1 Å². The summed E-state index contributed by atoms with van der Waals surface area (Å²) in [5, 5.41) is 12.4. The van der Waals surface area contributed by atoms with Gasteiger partial charge in [-0.3, -0.25) is 0 Å². The Morgan fingerprint density at radius 2 is 1.49 bits per heavy atom. The molecule has 5 N–H and O–H groups in total. The summed E-state index contributed by atoms with van der Waals surface area (Å²) in [5.74, 6) is 2.26. The molecule has 0 radical (unpaired) electrons. The number of fused-ring (bicyclic) bond motifs is 1. The van der Waals surface area contributed by atoms with Crippen LogP contribution in [0.1, 0.15) is 32.1 Å². The Morgan fingerprint density at radius 3 is 2.29 bits per heavy atom. The predicted octanol–water partition coefficient (Wildman–Crippen LogP) is 4.16. The van der Waals surface area contributed by atoms with E-state index in [0.717, 1.165) is 17.6 Å². The van der Waals surface area contributed by atoms with Gasteiger partial charge >= 0.3 is 0 Å². The molecular formula is C26H37N7O2. The molecule has 1 fully saturated rings. The quantitative estimate of drug-likeness (QED) is 0.253. The summed E-state index contributed by atoms with van der Waals surface area (Å²) in [4.78, 5) is 13.8. The first kappa shape index (κ1) is 25.1. The molecule has 9 nitrogen and oxygen atoms in total. The van der Waals surface area contributed by atoms with Crippen LogP contribution in [0.2, 0.25) is 0 Å². The third-order valence-corrected chi connectivity index (χ3v) is 6.08. The SMILES string of the molecule is NCCOCCOCCNc1nc(NCC2CCCCC2)nc(Nc2ccc3ccccc3c2)n1. The van der Waals surface area contributed by atoms with Gasteiger partial charge in [0, 0.05) is 25.3 Å². The minimum Gasteiger partial charge on any atom is -0.378 e. The van der Waals surface area contributed by atoms with Gasteiger partial charge in [0.2, 0.25) is 17.8 Å². The van der Waals surface area contributed by atoms with Crippen molar-refractivity contribution >= 4 is 34.3 Å². The maximum atomic E-state index is 5.60. The van der Waals surface area contributed by atoms with Gasteiger partial charge in [-0.1, -0.05) is 49.6 Å². The fourth-order valence-electron chi connectivity index (χ4n) is 4.25. The number of nitrogens with one attached hydrogen (secondary N) is 3. The maximum absolute atomic E-state index is 5.60. The molecule has 1 aliphatic rings. The summed E-state index contributed by atoms with van der Waals surface area (Å²) in [7, 11) is 0. The molecule has 0 amide bonds. The highest BCUT2D eigenvalue weighted by molar-refractivity contribution is 5.86. The summed E-state index contributed by atoms with van der Waals surface area (Å²) < 4.78 is 10.9. The first-order valence-corrected chi connectivity index (χ1v) is 12.7. The van der Waals surface area contributed by atoms with Crippen LogP contribution in [0, 0.1) is 5.92 Å². The molecule has 9 heteroatoms. The first-order valence-electron chi connectivity index (χ1n) is 12.7. The number of aromatic nitrogens is 3. The number of nitrogens with zero attached hydrogens (tertiary/aromatic N) is 3. The normalized spacial score (nSPS) is 14.2. The Bertz CT molecular complexity index is 1040. The third-order valence-electron chi connectivity index (χ3n) is 6.08. The monoisotopic (exact) mass is 479 g/mol. The number of nitrogens with two attached hydrogens (primary N) is 1. The standard InChI is InChI=1S/C26H37N7O2/c27-12-14-34-16-17-35-15-13-28-24-31-25(29-19-20-6-2-1-3-7-20)33-26(32-24)30-23-11-10-21-8-4-5-9-22(21)18-23/h4-5,8-11,18,20H,1-3,6-7,12-17,19,27H2,(H3,28,29,30,31,32,33). The van der Waals surface area contributed by atoms with Crippen molar-refractivity contribution in [1.82, 2.24) is 15.0 Å². The van der Waals surface area contributed by atoms with E-state index in [1.165, 1.54) is 37.5 Å². The Balaban J connectivity index is 1.38. The van der Waals surface area contributed by atoms with Gasteiger partial charge in [0.25, 0.3) is 0 Å². The highest BCUT2D eigenvalue weighted by atomic mass is 16.5. The molecule has 188 valence electrons. The smallest absolute Gasteiger partial charge is 0.233 e. The molecule has 4 rings (SSSR count). The van der Waals surface area contributed by atoms with Gasteiger partial charge in [-0.2, -0.15) is 15.0 Å². The van der Waals surface area contributed by atoms with Crippen molar-refractivity contribution in [3.05, 3.63) is 42.5 Å². The fraction of sp³-hybridized carbons (Fsp3) is 0.500. The molecule has 1 aliphatic carbocycles. The van der Waals surface area contributed by atoms with Crippen molar-refractivity contribution in [3.63, 3.8) is 0 Å². The molecule has 0 unspecified atom stereocenters. The molecule has 1 saturated carbocycles. The molecule has 1 aromatic heterocycles. The van der Waals surface area contributed by atoms with Gasteiger partial charge < -0.3 is 31.2 Å². The summed E-state index contributed by atoms with van der Waals surface area (Å²) in [6.45, 7) is 4.13. The molecule has 1 heterocycles. The van der Waals surface area contributed by atoms with Crippen LogP contribution in [-0.4, -0.2) is 61.0 Å². The predicted molar refractivity (Wildman–Crippen MR) is 141 cm³/mol. The lowest BCUT2D eigenvalue weighted by molar-refractivity contribution is 0.0547. The van der Waals surface area contributed by atoms with Crippen LogP contribution in [0.15, 0.2) is 42.5 Å². The first-order chi connectivity index (χ1) is 17.3. The zero-order valence-electron chi connectivity index (χ0n) is 20.3. The minimum atomic E-state index is 0.500. The van der Waals surface area contributed by atoms with Crippen molar-refractivity contribution in [2.75, 3.05) is 62.0 Å². The number of hydrogen-bond donors (Lipinski definition) is 4. The van der Waals surface area contributed by atoms with Gasteiger partial charge in [0.15, 0.2) is 0 Å². The lowest BCUT2D eigenvalue weighted by atomic mass is 9.89. The van der Waals surface area contributed by atoms with Crippen LogP contribution in [-0.2, 0) is 9.47 Å². The molecule has 0 saturated heterocycles. The van der Waals surface area contributed by atoms with Crippen molar-refractivity contribution < 1.29 is 9.47 Å². The lowest BCUT2D eigenvalue weighted by Crippen LogP contribution is -2.20. The van der Waals surface area contributed by atoms with E-state index < -0.39 is 0 Å². The topological polar surface area (TPSA) is 119 Å². The Hall–Kier alpha value is -3.01. The number of ether oxygens (including phenoxy) is 2. The van der Waals surface area contributed by atoms with Crippen LogP contribution in [0.4, 0.5) is 23.5 Å². The second-order valence-electron chi connectivity index (χ2n) is 8.82. The van der Waals surface area contributed by atoms with E-state index in [9.17, 15) is 0 Å². The third kappa shape index (κ3) is 8.31. The van der Waals surface area contributed by atoms with Crippen LogP contribution in [0.3, 0.4) is 0 Å². The van der Waals surface area contributed by atoms with Crippen molar-refractivity contribution in [3.8, 4) is 0 Å². The average Bonchev–Trinajstić information content (AvgIpc) is 2.89. The molecular weight excluding hydrogens is 442 g/mol. The van der Waals surface area contributed by atoms with Gasteiger partial charge in [0.05, 0.1) is 26.4 Å². The summed E-state index contributed by atoms with van der Waals surface area (Å²) in [6, 6.07) is 14.5. The largest absolute Gasteiger partial charge is 0.378 e. The fourth-order valence-corrected chi connectivity index (χ4v) is 4.25. The average molecular weight is 480 g/mol. The summed E-state index contributed by atoms with van der Waals surface area (Å²) >= 11 is 0. The second-order valence-corrected chi connectivity index (χ2v) is 8.82. The Labute approximate surface area is 207 Å². The number of anilines is 4. The highest BCUT2D eigenvalue weighted by Gasteiger charge is 2.14. The van der Waals surface area contributed by atoms with E-state index in [0.29, 0.717) is 63.3 Å². The van der Waals surface area contributed by atoms with Crippen LogP contribution in [0.5, 0.6) is 0 Å². The van der Waals surface area contributed by atoms with E-state index in [-0.39, 0.29) is 0 Å². The van der Waals surface area contributed by atoms with E-state index in [2.05, 4.69) is 55.2 Å². The molecule has 0 aliphatic heterocycles. The Morgan fingerprint density at radius 1 is 0.771 bits per heavy atom. The summed E-state index contributed by atoms with van der Waals surface area (Å²) in [6.07, 6.45) is 6.48. The molecule has 2 aromatic carbocycles. The second kappa shape index (κ2) is 13.8. The molecule has 0 bridgehead atoms. The number of benzene rings is 2. The minimum absolute atomic E-state index is 0.500. The van der Waals surface area contributed by atoms with Crippen molar-refractivity contribution in [2.24, 2.45) is 11.7 Å². The number of rotatable bonds is 14. The Kier molecular flexibility index (Phi) is 9.87. The summed E-state index contributed by atoms with van der Waals surface area (Å²) in [5.41, 5.74) is 6.34. The molecule has 0 spiro atoms. The molecule has 35 heavy (non-hydrogen) atoms. The highest BCUT2D eigenvalue weighted by Crippen LogP contribution is 2.25.